The van der Waals surface area contributed by atoms with Gasteiger partial charge in [0.05, 0.1) is 34.6 Å². The van der Waals surface area contributed by atoms with E-state index in [1.807, 2.05) is 0 Å². The van der Waals surface area contributed by atoms with Gasteiger partial charge in [0.1, 0.15) is 18.2 Å². The molecule has 12 heteroatoms. The van der Waals surface area contributed by atoms with Crippen molar-refractivity contribution in [3.05, 3.63) is 63.9 Å². The minimum Gasteiger partial charge on any atom is -0.486 e. The van der Waals surface area contributed by atoms with Crippen molar-refractivity contribution >= 4 is 39.7 Å². The van der Waals surface area contributed by atoms with Crippen LogP contribution >= 0.6 is 0 Å². The van der Waals surface area contributed by atoms with E-state index in [0.717, 1.165) is 0 Å². The lowest BCUT2D eigenvalue weighted by atomic mass is 10.1. The van der Waals surface area contributed by atoms with Crippen molar-refractivity contribution < 1.29 is 28.2 Å². The first-order chi connectivity index (χ1) is 16.8. The fourth-order valence-corrected chi connectivity index (χ4v) is 4.00. The molecule has 0 aliphatic carbocycles. The Balaban J connectivity index is 1.45. The van der Waals surface area contributed by atoms with Gasteiger partial charge in [-0.1, -0.05) is 12.1 Å². The number of nitrogens with one attached hydrogen (secondary N) is 3. The molecule has 2 unspecified atom stereocenters. The highest BCUT2D eigenvalue weighted by Gasteiger charge is 2.29. The van der Waals surface area contributed by atoms with Crippen molar-refractivity contribution in [3.63, 3.8) is 0 Å². The number of aliphatic hydroxyl groups excluding tert-OH is 1. The van der Waals surface area contributed by atoms with Gasteiger partial charge in [0.2, 0.25) is 17.2 Å². The van der Waals surface area contributed by atoms with Crippen LogP contribution < -0.4 is 20.8 Å². The second-order valence-corrected chi connectivity index (χ2v) is 8.14. The largest absolute Gasteiger partial charge is 0.486 e. The predicted octanol–water partition coefficient (Wildman–Crippen LogP) is 1.84. The Morgan fingerprint density at radius 2 is 2.11 bits per heavy atom. The number of nitrogens with zero attached hydrogens (tertiary/aromatic N) is 2. The van der Waals surface area contributed by atoms with Gasteiger partial charge in [-0.2, -0.15) is 4.39 Å². The first-order valence-corrected chi connectivity index (χ1v) is 10.7. The van der Waals surface area contributed by atoms with Crippen molar-refractivity contribution in [1.82, 2.24) is 19.9 Å². The van der Waals surface area contributed by atoms with Crippen LogP contribution in [0.15, 0.2) is 41.3 Å². The van der Waals surface area contributed by atoms with Gasteiger partial charge in [0.25, 0.3) is 11.8 Å². The number of hydrogen-bond donors (Lipinski definition) is 4. The Bertz CT molecular complexity index is 1530. The van der Waals surface area contributed by atoms with Gasteiger partial charge < -0.3 is 24.7 Å². The third-order valence-electron chi connectivity index (χ3n) is 5.79. The third kappa shape index (κ3) is 3.77. The number of aliphatic hydroxyl groups is 1. The zero-order valence-corrected chi connectivity index (χ0v) is 18.3. The summed E-state index contributed by atoms with van der Waals surface area (Å²) in [4.78, 5) is 45.7. The minimum absolute atomic E-state index is 0.00836. The molecule has 2 aromatic heterocycles. The van der Waals surface area contributed by atoms with Crippen molar-refractivity contribution in [2.24, 2.45) is 0 Å². The summed E-state index contributed by atoms with van der Waals surface area (Å²) in [6, 6.07) is 5.95. The lowest BCUT2D eigenvalue weighted by Crippen LogP contribution is -2.47. The van der Waals surface area contributed by atoms with Crippen LogP contribution in [0, 0.1) is 11.6 Å². The number of anilines is 1. The number of amides is 2. The molecule has 1 aliphatic rings. The van der Waals surface area contributed by atoms with Gasteiger partial charge in [-0.05, 0) is 25.1 Å². The zero-order valence-electron chi connectivity index (χ0n) is 18.3. The van der Waals surface area contributed by atoms with Gasteiger partial charge in [-0.3, -0.25) is 19.7 Å². The predicted molar refractivity (Wildman–Crippen MR) is 121 cm³/mol. The molecule has 0 bridgehead atoms. The Labute approximate surface area is 195 Å². The third-order valence-corrected chi connectivity index (χ3v) is 5.79. The number of hydrogen-bond acceptors (Lipinski definition) is 6. The number of carbonyl (C=O) groups excluding carboxylic acids is 2. The van der Waals surface area contributed by atoms with Crippen LogP contribution in [0.3, 0.4) is 0 Å². The molecule has 4 N–H and O–H groups in total. The highest BCUT2D eigenvalue weighted by molar-refractivity contribution is 6.02. The lowest BCUT2D eigenvalue weighted by molar-refractivity contribution is -0.118. The topological polar surface area (TPSA) is 138 Å². The van der Waals surface area contributed by atoms with Crippen molar-refractivity contribution in [2.45, 2.75) is 19.0 Å². The Morgan fingerprint density at radius 3 is 2.86 bits per heavy atom. The van der Waals surface area contributed by atoms with E-state index in [-0.39, 0.29) is 23.5 Å². The van der Waals surface area contributed by atoms with Crippen LogP contribution in [0.25, 0.3) is 21.9 Å². The van der Waals surface area contributed by atoms with E-state index in [2.05, 4.69) is 20.6 Å². The van der Waals surface area contributed by atoms with E-state index in [4.69, 9.17) is 4.74 Å². The van der Waals surface area contributed by atoms with E-state index in [1.165, 1.54) is 10.8 Å². The molecule has 0 radical (unpaired) electrons. The summed E-state index contributed by atoms with van der Waals surface area (Å²) in [7, 11) is 0. The molecular formula is C23H19F2N5O5. The summed E-state index contributed by atoms with van der Waals surface area (Å²) >= 11 is 0. The lowest BCUT2D eigenvalue weighted by Gasteiger charge is -2.27. The number of para-hydroxylation sites is 2. The Kier molecular flexibility index (Phi) is 5.44. The van der Waals surface area contributed by atoms with Crippen molar-refractivity contribution in [2.75, 3.05) is 18.5 Å². The smallest absolute Gasteiger partial charge is 0.257 e. The summed E-state index contributed by atoms with van der Waals surface area (Å²) < 4.78 is 35.1. The molecule has 0 spiro atoms. The number of rotatable bonds is 5. The summed E-state index contributed by atoms with van der Waals surface area (Å²) in [5.41, 5.74) is 0.0306. The van der Waals surface area contributed by atoms with Crippen LogP contribution in [0.2, 0.25) is 0 Å². The van der Waals surface area contributed by atoms with Crippen LogP contribution in [-0.2, 0) is 4.79 Å². The molecule has 0 saturated heterocycles. The fourth-order valence-electron chi connectivity index (χ4n) is 4.00. The number of ether oxygens (including phenoxy) is 1. The minimum atomic E-state index is -1.42. The van der Waals surface area contributed by atoms with Crippen LogP contribution in [-0.4, -0.2) is 50.7 Å². The van der Waals surface area contributed by atoms with Crippen molar-refractivity contribution in [3.8, 4) is 5.75 Å². The average molecular weight is 483 g/mol. The highest BCUT2D eigenvalue weighted by Crippen LogP contribution is 2.35. The molecule has 5 rings (SSSR count). The number of aromatic amines is 1. The molecule has 2 amide bonds. The standard InChI is InChI=1S/C23H19F2N5O5/c1-10-9-35-20-17(25)13(24)6-11-18(20)30(10)7-12(19(11)32)21(33)26-16(8-31)22(34)29-23-27-14-4-2-3-5-15(14)28-23/h2-7,10,16,31H,8-9H2,1H3,(H,26,33)(H2,27,28,29,34). The van der Waals surface area contributed by atoms with Gasteiger partial charge in [0.15, 0.2) is 11.6 Å². The Morgan fingerprint density at radius 1 is 1.34 bits per heavy atom. The molecule has 2 aromatic carbocycles. The number of fused-ring (bicyclic) bond motifs is 1. The molecular weight excluding hydrogens is 464 g/mol. The van der Waals surface area contributed by atoms with E-state index < -0.39 is 58.9 Å². The number of H-pyrrole nitrogens is 1. The maximum atomic E-state index is 14.2. The van der Waals surface area contributed by atoms with Crippen molar-refractivity contribution in [1.29, 1.82) is 0 Å². The average Bonchev–Trinajstić information content (AvgIpc) is 3.25. The molecule has 2 atom stereocenters. The van der Waals surface area contributed by atoms with Gasteiger partial charge in [-0.15, -0.1) is 0 Å². The molecule has 0 fully saturated rings. The van der Waals surface area contributed by atoms with Crippen LogP contribution in [0.4, 0.5) is 14.7 Å². The number of carbonyl (C=O) groups is 2. The van der Waals surface area contributed by atoms with Gasteiger partial charge in [-0.25, -0.2) is 9.37 Å². The fraction of sp³-hybridized carbons (Fsp3) is 0.217. The second kappa shape index (κ2) is 8.47. The van der Waals surface area contributed by atoms with Crippen LogP contribution in [0.5, 0.6) is 5.75 Å². The molecule has 10 nitrogen and oxygen atoms in total. The maximum Gasteiger partial charge on any atom is 0.257 e. The van der Waals surface area contributed by atoms with Gasteiger partial charge >= 0.3 is 0 Å². The summed E-state index contributed by atoms with van der Waals surface area (Å²) in [5.74, 6) is -4.55. The first-order valence-electron chi connectivity index (χ1n) is 10.7. The van der Waals surface area contributed by atoms with Gasteiger partial charge in [0, 0.05) is 6.20 Å². The molecule has 4 aromatic rings. The molecule has 1 aliphatic heterocycles. The van der Waals surface area contributed by atoms with E-state index in [1.54, 1.807) is 31.2 Å². The van der Waals surface area contributed by atoms with Crippen LogP contribution in [0.1, 0.15) is 23.3 Å². The monoisotopic (exact) mass is 483 g/mol. The molecule has 0 saturated carbocycles. The Hall–Kier alpha value is -4.32. The number of halogens is 2. The molecule has 35 heavy (non-hydrogen) atoms. The number of pyridine rings is 1. The maximum absolute atomic E-state index is 14.2. The summed E-state index contributed by atoms with van der Waals surface area (Å²) in [5, 5.41) is 14.2. The summed E-state index contributed by atoms with van der Waals surface area (Å²) in [6.45, 7) is 0.937. The normalized spacial score (nSPS) is 15.6. The highest BCUT2D eigenvalue weighted by atomic mass is 19.2. The number of benzene rings is 2. The first kappa shape index (κ1) is 22.5. The van der Waals surface area contributed by atoms with E-state index in [9.17, 15) is 28.3 Å². The molecule has 180 valence electrons. The van der Waals surface area contributed by atoms with E-state index >= 15 is 0 Å². The molecule has 3 heterocycles. The quantitative estimate of drug-likeness (QED) is 0.342. The van der Waals surface area contributed by atoms with E-state index in [0.29, 0.717) is 17.1 Å². The second-order valence-electron chi connectivity index (χ2n) is 8.14. The SMILES string of the molecule is CC1COc2c(F)c(F)cc3c(=O)c(C(=O)NC(CO)C(=O)Nc4nc5ccccc5[nH]4)cn1c23. The number of aromatic nitrogens is 3. The summed E-state index contributed by atoms with van der Waals surface area (Å²) in [6.07, 6.45) is 1.21. The zero-order chi connectivity index (χ0) is 24.9. The number of imidazole rings is 1.